The third-order valence-corrected chi connectivity index (χ3v) is 3.47. The van der Waals surface area contributed by atoms with Crippen LogP contribution in [0.1, 0.15) is 20.9 Å². The molecule has 0 aliphatic rings. The highest BCUT2D eigenvalue weighted by atomic mass is 32.1. The van der Waals surface area contributed by atoms with E-state index in [-0.39, 0.29) is 23.0 Å². The number of hydrogen-bond donors (Lipinski definition) is 3. The minimum absolute atomic E-state index is 0.257. The van der Waals surface area contributed by atoms with Crippen molar-refractivity contribution in [2.75, 3.05) is 5.32 Å². The van der Waals surface area contributed by atoms with Crippen LogP contribution in [-0.2, 0) is 0 Å². The molecule has 0 saturated carbocycles. The standard InChI is InChI=1S/C12H12N2O3S/c1-6-7(2)18-12(13-6)14-11(17)8-3-4-9(15)10(16)5-8/h3-5,15-16H,1-2H3,(H,13,14,17). The molecule has 1 aromatic heterocycles. The molecule has 0 aliphatic heterocycles. The third kappa shape index (κ3) is 2.43. The van der Waals surface area contributed by atoms with Crippen LogP contribution in [0.15, 0.2) is 18.2 Å². The maximum absolute atomic E-state index is 11.9. The van der Waals surface area contributed by atoms with E-state index in [0.29, 0.717) is 5.13 Å². The molecule has 0 aliphatic carbocycles. The lowest BCUT2D eigenvalue weighted by Crippen LogP contribution is -2.11. The Morgan fingerprint density at radius 2 is 2.00 bits per heavy atom. The highest BCUT2D eigenvalue weighted by molar-refractivity contribution is 7.15. The number of aryl methyl sites for hydroxylation is 2. The van der Waals surface area contributed by atoms with Crippen LogP contribution in [0.25, 0.3) is 0 Å². The molecule has 94 valence electrons. The number of benzene rings is 1. The Kier molecular flexibility index (Phi) is 3.20. The largest absolute Gasteiger partial charge is 0.504 e. The number of rotatable bonds is 2. The molecule has 0 radical (unpaired) electrons. The second-order valence-corrected chi connectivity index (χ2v) is 5.02. The summed E-state index contributed by atoms with van der Waals surface area (Å²) >= 11 is 1.39. The normalized spacial score (nSPS) is 10.3. The topological polar surface area (TPSA) is 82.5 Å². The monoisotopic (exact) mass is 264 g/mol. The summed E-state index contributed by atoms with van der Waals surface area (Å²) in [4.78, 5) is 17.1. The van der Waals surface area contributed by atoms with E-state index in [1.807, 2.05) is 13.8 Å². The minimum atomic E-state index is -0.376. The van der Waals surface area contributed by atoms with Crippen molar-refractivity contribution < 1.29 is 15.0 Å². The highest BCUT2D eigenvalue weighted by Gasteiger charge is 2.11. The van der Waals surface area contributed by atoms with Crippen LogP contribution in [-0.4, -0.2) is 21.1 Å². The molecule has 0 spiro atoms. The minimum Gasteiger partial charge on any atom is -0.504 e. The van der Waals surface area contributed by atoms with E-state index in [4.69, 9.17) is 5.11 Å². The number of carbonyl (C=O) groups is 1. The van der Waals surface area contributed by atoms with Gasteiger partial charge in [-0.1, -0.05) is 0 Å². The Bertz CT molecular complexity index is 588. The van der Waals surface area contributed by atoms with E-state index in [2.05, 4.69) is 10.3 Å². The second-order valence-electron chi connectivity index (χ2n) is 3.82. The van der Waals surface area contributed by atoms with Gasteiger partial charge in [-0.15, -0.1) is 11.3 Å². The van der Waals surface area contributed by atoms with Gasteiger partial charge in [0.1, 0.15) is 0 Å². The van der Waals surface area contributed by atoms with Gasteiger partial charge in [-0.05, 0) is 32.0 Å². The Labute approximate surface area is 108 Å². The Morgan fingerprint density at radius 3 is 2.56 bits per heavy atom. The quantitative estimate of drug-likeness (QED) is 0.727. The van der Waals surface area contributed by atoms with E-state index in [1.54, 1.807) is 0 Å². The predicted molar refractivity (Wildman–Crippen MR) is 69.3 cm³/mol. The van der Waals surface area contributed by atoms with Crippen LogP contribution in [0, 0.1) is 13.8 Å². The smallest absolute Gasteiger partial charge is 0.257 e. The van der Waals surface area contributed by atoms with Crippen LogP contribution >= 0.6 is 11.3 Å². The van der Waals surface area contributed by atoms with Crippen molar-refractivity contribution in [3.63, 3.8) is 0 Å². The number of carbonyl (C=O) groups excluding carboxylic acids is 1. The first kappa shape index (κ1) is 12.4. The average Bonchev–Trinajstić information content (AvgIpc) is 2.61. The van der Waals surface area contributed by atoms with Gasteiger partial charge in [0, 0.05) is 10.4 Å². The van der Waals surface area contributed by atoms with Crippen molar-refractivity contribution in [3.8, 4) is 11.5 Å². The molecule has 0 fully saturated rings. The molecule has 3 N–H and O–H groups in total. The summed E-state index contributed by atoms with van der Waals surface area (Å²) in [5.41, 5.74) is 1.14. The molecular weight excluding hydrogens is 252 g/mol. The summed E-state index contributed by atoms with van der Waals surface area (Å²) in [5, 5.41) is 21.6. The summed E-state index contributed by atoms with van der Waals surface area (Å²) in [6.07, 6.45) is 0. The molecule has 0 bridgehead atoms. The lowest BCUT2D eigenvalue weighted by atomic mass is 10.2. The van der Waals surface area contributed by atoms with Gasteiger partial charge in [-0.3, -0.25) is 10.1 Å². The van der Waals surface area contributed by atoms with E-state index >= 15 is 0 Å². The highest BCUT2D eigenvalue weighted by Crippen LogP contribution is 2.26. The molecular formula is C12H12N2O3S. The molecule has 1 heterocycles. The number of aromatic nitrogens is 1. The molecule has 18 heavy (non-hydrogen) atoms. The van der Waals surface area contributed by atoms with E-state index < -0.39 is 0 Å². The first-order chi connectivity index (χ1) is 8.47. The maximum atomic E-state index is 11.9. The van der Waals surface area contributed by atoms with Gasteiger partial charge in [-0.2, -0.15) is 0 Å². The lowest BCUT2D eigenvalue weighted by Gasteiger charge is -2.03. The Balaban J connectivity index is 2.19. The van der Waals surface area contributed by atoms with Gasteiger partial charge in [0.25, 0.3) is 5.91 Å². The van der Waals surface area contributed by atoms with Gasteiger partial charge < -0.3 is 10.2 Å². The molecule has 2 rings (SSSR count). The number of nitrogens with one attached hydrogen (secondary N) is 1. The molecule has 0 saturated heterocycles. The number of phenolic OH excluding ortho intramolecular Hbond substituents is 2. The van der Waals surface area contributed by atoms with Gasteiger partial charge in [0.15, 0.2) is 16.6 Å². The van der Waals surface area contributed by atoms with Crippen molar-refractivity contribution in [1.29, 1.82) is 0 Å². The molecule has 2 aromatic rings. The fraction of sp³-hybridized carbons (Fsp3) is 0.167. The van der Waals surface area contributed by atoms with Crippen molar-refractivity contribution in [1.82, 2.24) is 4.98 Å². The van der Waals surface area contributed by atoms with Crippen LogP contribution in [0.4, 0.5) is 5.13 Å². The van der Waals surface area contributed by atoms with Gasteiger partial charge in [0.05, 0.1) is 5.69 Å². The summed E-state index contributed by atoms with van der Waals surface area (Å²) in [6, 6.07) is 3.90. The number of aromatic hydroxyl groups is 2. The van der Waals surface area contributed by atoms with Crippen LogP contribution in [0.5, 0.6) is 11.5 Å². The van der Waals surface area contributed by atoms with Crippen molar-refractivity contribution >= 4 is 22.4 Å². The number of phenols is 2. The number of thiazole rings is 1. The van der Waals surface area contributed by atoms with Gasteiger partial charge in [0.2, 0.25) is 0 Å². The molecule has 1 amide bonds. The lowest BCUT2D eigenvalue weighted by molar-refractivity contribution is 0.102. The number of nitrogens with zero attached hydrogens (tertiary/aromatic N) is 1. The zero-order valence-corrected chi connectivity index (χ0v) is 10.7. The number of anilines is 1. The summed E-state index contributed by atoms with van der Waals surface area (Å²) in [5.74, 6) is -0.958. The Morgan fingerprint density at radius 1 is 1.28 bits per heavy atom. The van der Waals surface area contributed by atoms with Crippen LogP contribution in [0.3, 0.4) is 0 Å². The SMILES string of the molecule is Cc1nc(NC(=O)c2ccc(O)c(O)c2)sc1C. The van der Waals surface area contributed by atoms with Crippen molar-refractivity contribution in [2.24, 2.45) is 0 Å². The maximum Gasteiger partial charge on any atom is 0.257 e. The zero-order chi connectivity index (χ0) is 13.3. The molecule has 0 atom stereocenters. The van der Waals surface area contributed by atoms with E-state index in [1.165, 1.54) is 29.5 Å². The van der Waals surface area contributed by atoms with Crippen molar-refractivity contribution in [2.45, 2.75) is 13.8 Å². The fourth-order valence-corrected chi connectivity index (χ4v) is 2.17. The van der Waals surface area contributed by atoms with E-state index in [9.17, 15) is 9.90 Å². The Hall–Kier alpha value is -2.08. The zero-order valence-electron chi connectivity index (χ0n) is 9.89. The average molecular weight is 264 g/mol. The number of amides is 1. The summed E-state index contributed by atoms with van der Waals surface area (Å²) in [6.45, 7) is 3.79. The predicted octanol–water partition coefficient (Wildman–Crippen LogP) is 2.42. The molecule has 1 aromatic carbocycles. The molecule has 5 nitrogen and oxygen atoms in total. The summed E-state index contributed by atoms with van der Waals surface area (Å²) < 4.78 is 0. The third-order valence-electron chi connectivity index (χ3n) is 2.49. The fourth-order valence-electron chi connectivity index (χ4n) is 1.36. The van der Waals surface area contributed by atoms with Crippen LogP contribution < -0.4 is 5.32 Å². The van der Waals surface area contributed by atoms with Crippen molar-refractivity contribution in [3.05, 3.63) is 34.3 Å². The first-order valence-corrected chi connectivity index (χ1v) is 6.06. The number of hydrogen-bond acceptors (Lipinski definition) is 5. The van der Waals surface area contributed by atoms with Gasteiger partial charge >= 0.3 is 0 Å². The molecule has 0 unspecified atom stereocenters. The summed E-state index contributed by atoms with van der Waals surface area (Å²) in [7, 11) is 0. The molecule has 6 heteroatoms. The van der Waals surface area contributed by atoms with E-state index in [0.717, 1.165) is 10.6 Å². The van der Waals surface area contributed by atoms with Gasteiger partial charge in [-0.25, -0.2) is 4.98 Å². The van der Waals surface area contributed by atoms with Crippen LogP contribution in [0.2, 0.25) is 0 Å². The first-order valence-electron chi connectivity index (χ1n) is 5.24. The second kappa shape index (κ2) is 4.66.